The molecule has 0 bridgehead atoms. The van der Waals surface area contributed by atoms with Gasteiger partial charge in [-0.3, -0.25) is 0 Å². The van der Waals surface area contributed by atoms with Gasteiger partial charge >= 0.3 is 29.6 Å². The Kier molecular flexibility index (Phi) is 15.2. The van der Waals surface area contributed by atoms with E-state index in [2.05, 4.69) is 53.2 Å². The van der Waals surface area contributed by atoms with E-state index in [1.165, 1.54) is 39.3 Å². The molecule has 0 aliphatic carbocycles. The zero-order valence-electron chi connectivity index (χ0n) is 13.2. The van der Waals surface area contributed by atoms with Crippen LogP contribution >= 0.6 is 0 Å². The van der Waals surface area contributed by atoms with Crippen LogP contribution in [0.1, 0.15) is 41.5 Å². The van der Waals surface area contributed by atoms with Gasteiger partial charge in [0.15, 0.2) is 0 Å². The van der Waals surface area contributed by atoms with E-state index in [4.69, 9.17) is 0 Å². The average Bonchev–Trinajstić information content (AvgIpc) is 2.33. The van der Waals surface area contributed by atoms with Gasteiger partial charge in [0.1, 0.15) is 0 Å². The van der Waals surface area contributed by atoms with Crippen molar-refractivity contribution in [1.82, 2.24) is 11.7 Å². The molecule has 0 N–H and O–H groups in total. The Labute approximate surface area is 136 Å². The normalized spacial score (nSPS) is 11.6. The topological polar surface area (TPSA) is 9.72 Å². The summed E-state index contributed by atoms with van der Waals surface area (Å²) < 4.78 is 8.04. The maximum absolute atomic E-state index is 2.68. The number of hydrogen-bond donors (Lipinski definition) is 0. The van der Waals surface area contributed by atoms with Crippen molar-refractivity contribution in [2.75, 3.05) is 39.3 Å². The first kappa shape index (κ1) is 20.7. The van der Waals surface area contributed by atoms with Crippen molar-refractivity contribution < 1.29 is 29.6 Å². The predicted molar refractivity (Wildman–Crippen MR) is 74.5 cm³/mol. The molecule has 0 aromatic carbocycles. The molecule has 0 aliphatic heterocycles. The van der Waals surface area contributed by atoms with E-state index in [1.54, 1.807) is 0 Å². The first-order valence-electron chi connectivity index (χ1n) is 6.91. The van der Waals surface area contributed by atoms with Crippen molar-refractivity contribution >= 4 is 14.8 Å². The van der Waals surface area contributed by atoms with Crippen molar-refractivity contribution in [3.63, 3.8) is 0 Å². The third kappa shape index (κ3) is 6.40. The Hall–Kier alpha value is 1.41. The molecule has 0 saturated heterocycles. The summed E-state index contributed by atoms with van der Waals surface area (Å²) >= 11 is -1.08. The second-order valence-electron chi connectivity index (χ2n) is 4.01. The quantitative estimate of drug-likeness (QED) is 0.496. The van der Waals surface area contributed by atoms with E-state index in [0.29, 0.717) is 0 Å². The molecule has 3 nitrogen and oxygen atoms in total. The van der Waals surface area contributed by atoms with Crippen LogP contribution in [-0.2, 0) is 0 Å². The summed E-state index contributed by atoms with van der Waals surface area (Å²) in [4.78, 5) is 0. The molecule has 0 saturated carbocycles. The first-order chi connectivity index (χ1) is 7.69. The number of rotatable bonds is 9. The van der Waals surface area contributed by atoms with Crippen molar-refractivity contribution in [1.29, 1.82) is 0 Å². The van der Waals surface area contributed by atoms with Gasteiger partial charge in [-0.25, -0.2) is 0 Å². The molecule has 0 aromatic rings. The molecule has 17 heavy (non-hydrogen) atoms. The van der Waals surface area contributed by atoms with Crippen LogP contribution in [0.25, 0.3) is 0 Å². The van der Waals surface area contributed by atoms with E-state index in [-0.39, 0.29) is 29.6 Å². The van der Waals surface area contributed by atoms with Crippen LogP contribution < -0.4 is 29.6 Å². The summed E-state index contributed by atoms with van der Waals surface area (Å²) in [6.45, 7) is 20.8. The molecule has 0 aliphatic rings. The molecule has 0 fully saturated rings. The Morgan fingerprint density at radius 1 is 0.529 bits per heavy atom. The standard InChI is InChI=1S/3C4H10N.Al.Na/c3*1-3-5-4-2;;/h3*3-4H2,1-2H3;;/q3*-1;+2;+1. The fourth-order valence-corrected chi connectivity index (χ4v) is 5.69. The van der Waals surface area contributed by atoms with Crippen LogP contribution in [0, 0.1) is 0 Å². The van der Waals surface area contributed by atoms with Gasteiger partial charge in [-0.15, -0.1) is 0 Å². The molecule has 5 heteroatoms. The van der Waals surface area contributed by atoms with Gasteiger partial charge in [0.2, 0.25) is 0 Å². The Balaban J connectivity index is 0. The molecular weight excluding hydrogens is 236 g/mol. The van der Waals surface area contributed by atoms with E-state index >= 15 is 0 Å². The molecule has 0 amide bonds. The van der Waals surface area contributed by atoms with E-state index in [1.807, 2.05) is 0 Å². The maximum Gasteiger partial charge on any atom is 1.00 e. The maximum atomic E-state index is 2.68. The molecule has 0 heterocycles. The molecule has 0 aromatic heterocycles. The van der Waals surface area contributed by atoms with Gasteiger partial charge in [-0.05, 0) is 0 Å². The smallest absolute Gasteiger partial charge is 0.510 e. The third-order valence-electron chi connectivity index (χ3n) is 3.42. The van der Waals surface area contributed by atoms with Gasteiger partial charge in [0.05, 0.1) is 0 Å². The Morgan fingerprint density at radius 3 is 0.824 bits per heavy atom. The van der Waals surface area contributed by atoms with Gasteiger partial charge in [-0.1, -0.05) is 80.8 Å². The van der Waals surface area contributed by atoms with Gasteiger partial charge < -0.3 is 11.7 Å². The Bertz CT molecular complexity index is 131. The molecule has 0 rings (SSSR count). The molecule has 0 spiro atoms. The van der Waals surface area contributed by atoms with Crippen molar-refractivity contribution in [2.24, 2.45) is 0 Å². The summed E-state index contributed by atoms with van der Waals surface area (Å²) in [5.41, 5.74) is 0. The van der Waals surface area contributed by atoms with Gasteiger partial charge in [0, 0.05) is 0 Å². The summed E-state index contributed by atoms with van der Waals surface area (Å²) in [6.07, 6.45) is 0. The predicted octanol–water partition coefficient (Wildman–Crippen LogP) is -0.999. The minimum absolute atomic E-state index is 0. The second kappa shape index (κ2) is 12.4. The van der Waals surface area contributed by atoms with Crippen LogP contribution in [0.4, 0.5) is 0 Å². The third-order valence-corrected chi connectivity index (χ3v) is 7.57. The number of nitrogens with zero attached hydrogens (tertiary/aromatic N) is 3. The van der Waals surface area contributed by atoms with Gasteiger partial charge in [0.25, 0.3) is 14.8 Å². The minimum atomic E-state index is -1.08. The Morgan fingerprint density at radius 2 is 0.706 bits per heavy atom. The first-order valence-corrected chi connectivity index (χ1v) is 8.46. The largest absolute Gasteiger partial charge is 1.00 e. The second-order valence-corrected chi connectivity index (χ2v) is 6.89. The van der Waals surface area contributed by atoms with Gasteiger partial charge in [-0.2, -0.15) is 0 Å². The van der Waals surface area contributed by atoms with Crippen molar-refractivity contribution in [2.45, 2.75) is 41.5 Å². The van der Waals surface area contributed by atoms with E-state index < -0.39 is 14.8 Å². The fraction of sp³-hybridized carbons (Fsp3) is 1.00. The van der Waals surface area contributed by atoms with Crippen LogP contribution in [0.5, 0.6) is 0 Å². The molecule has 97 valence electrons. The molecule has 0 unspecified atom stereocenters. The summed E-state index contributed by atoms with van der Waals surface area (Å²) in [5.74, 6) is 0. The van der Waals surface area contributed by atoms with Crippen LogP contribution in [0.3, 0.4) is 0 Å². The number of hydrogen-bond acceptors (Lipinski definition) is 3. The zero-order chi connectivity index (χ0) is 12.6. The average molecular weight is 266 g/mol. The zero-order valence-corrected chi connectivity index (χ0v) is 16.3. The summed E-state index contributed by atoms with van der Waals surface area (Å²) in [5, 5.41) is 0. The SMILES string of the molecule is CC[N](CC)[Al-]([N](CC)CC)[N](CC)CC.[Na+]. The summed E-state index contributed by atoms with van der Waals surface area (Å²) in [7, 11) is 0. The fourth-order valence-electron chi connectivity index (χ4n) is 2.34. The van der Waals surface area contributed by atoms with E-state index in [0.717, 1.165) is 0 Å². The molecule has 0 atom stereocenters. The summed E-state index contributed by atoms with van der Waals surface area (Å²) in [6, 6.07) is 0. The van der Waals surface area contributed by atoms with Crippen LogP contribution in [0.2, 0.25) is 0 Å². The molecule has 1 radical (unpaired) electrons. The van der Waals surface area contributed by atoms with Crippen molar-refractivity contribution in [3.8, 4) is 0 Å². The minimum Gasteiger partial charge on any atom is -0.510 e. The van der Waals surface area contributed by atoms with Crippen LogP contribution in [-0.4, -0.2) is 65.7 Å². The van der Waals surface area contributed by atoms with Crippen molar-refractivity contribution in [3.05, 3.63) is 0 Å². The van der Waals surface area contributed by atoms with E-state index in [9.17, 15) is 0 Å². The monoisotopic (exact) mass is 266 g/mol. The molecular formula is C12H30AlN3Na. The van der Waals surface area contributed by atoms with Crippen LogP contribution in [0.15, 0.2) is 0 Å².